The molecule has 276 valence electrons. The molecule has 0 spiro atoms. The third kappa shape index (κ3) is 10.5. The van der Waals surface area contributed by atoms with Crippen molar-refractivity contribution in [2.24, 2.45) is 5.41 Å². The van der Waals surface area contributed by atoms with Crippen molar-refractivity contribution in [2.75, 3.05) is 0 Å². The van der Waals surface area contributed by atoms with Crippen LogP contribution < -0.4 is 0 Å². The lowest BCUT2D eigenvalue weighted by atomic mass is 9.75. The van der Waals surface area contributed by atoms with Gasteiger partial charge in [0.15, 0.2) is 22.7 Å². The van der Waals surface area contributed by atoms with E-state index < -0.39 is 52.4 Å². The Hall–Kier alpha value is -2.08. The minimum Gasteiger partial charge on any atom is -0.456 e. The zero-order valence-corrected chi connectivity index (χ0v) is 35.1. The van der Waals surface area contributed by atoms with Crippen LogP contribution in [0.2, 0.25) is 36.3 Å². The van der Waals surface area contributed by atoms with Crippen LogP contribution >= 0.6 is 0 Å². The molecular formula is C41H68O6Si2. The highest BCUT2D eigenvalue weighted by Gasteiger charge is 2.46. The van der Waals surface area contributed by atoms with Crippen molar-refractivity contribution < 1.29 is 28.6 Å². The summed E-state index contributed by atoms with van der Waals surface area (Å²) in [7, 11) is -4.40. The number of rotatable bonds is 18. The van der Waals surface area contributed by atoms with Crippen molar-refractivity contribution in [3.63, 3.8) is 0 Å². The molecule has 0 saturated heterocycles. The maximum absolute atomic E-state index is 14.4. The van der Waals surface area contributed by atoms with Crippen LogP contribution in [0.5, 0.6) is 0 Å². The molecule has 0 heterocycles. The first-order valence-electron chi connectivity index (χ1n) is 18.4. The molecule has 0 fully saturated rings. The number of benzene rings is 2. The van der Waals surface area contributed by atoms with Crippen LogP contribution in [0.15, 0.2) is 71.8 Å². The molecule has 0 radical (unpaired) electrons. The molecule has 0 aliphatic rings. The Morgan fingerprint density at radius 1 is 0.755 bits per heavy atom. The van der Waals surface area contributed by atoms with Gasteiger partial charge in [-0.1, -0.05) is 123 Å². The second kappa shape index (κ2) is 17.9. The van der Waals surface area contributed by atoms with Gasteiger partial charge in [-0.3, -0.25) is 0 Å². The highest BCUT2D eigenvalue weighted by atomic mass is 28.4. The normalized spacial score (nSPS) is 16.8. The molecular weight excluding hydrogens is 645 g/mol. The standard InChI is InChI=1S/C41H68O6Si2/c1-15-34(46-49(16-2,17-3)18-4)41(11,12)38(43)36(42)30(6)29(5)31(7)45-39(44)37(47-48(13,14)40(8,9)10)35(32-25-21-19-22-26-32)33-27-23-20-24-28-33/h19-28,31,34-38,42-43H,15-18H2,1-14H3/b30-29+/t31-,34?,36-,37+,38-/m0/s1. The Morgan fingerprint density at radius 2 is 1.20 bits per heavy atom. The van der Waals surface area contributed by atoms with Gasteiger partial charge in [0.2, 0.25) is 0 Å². The van der Waals surface area contributed by atoms with Gasteiger partial charge in [-0.2, -0.15) is 0 Å². The number of ether oxygens (including phenoxy) is 1. The Morgan fingerprint density at radius 3 is 1.59 bits per heavy atom. The molecule has 2 aromatic rings. The maximum Gasteiger partial charge on any atom is 0.335 e. The van der Waals surface area contributed by atoms with Gasteiger partial charge >= 0.3 is 5.97 Å². The summed E-state index contributed by atoms with van der Waals surface area (Å²) in [4.78, 5) is 14.4. The molecule has 8 heteroatoms. The fourth-order valence-corrected chi connectivity index (χ4v) is 10.7. The van der Waals surface area contributed by atoms with Crippen LogP contribution in [0.3, 0.4) is 0 Å². The monoisotopic (exact) mass is 712 g/mol. The van der Waals surface area contributed by atoms with Crippen molar-refractivity contribution in [1.29, 1.82) is 0 Å². The number of carbonyl (C=O) groups excluding carboxylic acids is 1. The number of esters is 1. The fourth-order valence-electron chi connectivity index (χ4n) is 6.39. The SMILES string of the molecule is CCC(O[Si](CC)(CC)CC)C(C)(C)[C@@H](O)[C@@H](O)/C(C)=C(\C)[C@H](C)OC(=O)[C@H](O[Si](C)(C)C(C)(C)C)C(c1ccccc1)c1ccccc1. The van der Waals surface area contributed by atoms with Crippen LogP contribution in [0, 0.1) is 5.41 Å². The van der Waals surface area contributed by atoms with Crippen LogP contribution in [0.1, 0.15) is 107 Å². The lowest BCUT2D eigenvalue weighted by Gasteiger charge is -2.44. The summed E-state index contributed by atoms with van der Waals surface area (Å²) in [5, 5.41) is 23.2. The van der Waals surface area contributed by atoms with Crippen LogP contribution in [-0.4, -0.2) is 63.3 Å². The molecule has 0 bridgehead atoms. The van der Waals surface area contributed by atoms with Crippen molar-refractivity contribution in [3.05, 3.63) is 82.9 Å². The molecule has 0 saturated carbocycles. The number of aliphatic hydroxyl groups excluding tert-OH is 2. The number of aliphatic hydroxyl groups is 2. The van der Waals surface area contributed by atoms with Gasteiger partial charge < -0.3 is 23.8 Å². The quantitative estimate of drug-likeness (QED) is 0.0909. The average molecular weight is 713 g/mol. The largest absolute Gasteiger partial charge is 0.456 e. The molecule has 2 aromatic carbocycles. The lowest BCUT2D eigenvalue weighted by Crippen LogP contribution is -2.52. The predicted octanol–water partition coefficient (Wildman–Crippen LogP) is 10.0. The van der Waals surface area contributed by atoms with E-state index in [2.05, 4.69) is 61.6 Å². The zero-order chi connectivity index (χ0) is 37.4. The summed E-state index contributed by atoms with van der Waals surface area (Å²) >= 11 is 0. The third-order valence-electron chi connectivity index (χ3n) is 11.6. The molecule has 0 aromatic heterocycles. The van der Waals surface area contributed by atoms with Crippen LogP contribution in [0.4, 0.5) is 0 Å². The Kier molecular flexibility index (Phi) is 15.8. The topological polar surface area (TPSA) is 85.2 Å². The third-order valence-corrected chi connectivity index (χ3v) is 20.7. The first kappa shape index (κ1) is 43.1. The first-order valence-corrected chi connectivity index (χ1v) is 23.9. The average Bonchev–Trinajstić information content (AvgIpc) is 3.07. The minimum atomic E-state index is -2.45. The van der Waals surface area contributed by atoms with E-state index in [9.17, 15) is 15.0 Å². The smallest absolute Gasteiger partial charge is 0.335 e. The van der Waals surface area contributed by atoms with E-state index in [1.54, 1.807) is 0 Å². The summed E-state index contributed by atoms with van der Waals surface area (Å²) in [5.41, 5.74) is 2.52. The van der Waals surface area contributed by atoms with Crippen molar-refractivity contribution >= 4 is 22.6 Å². The highest BCUT2D eigenvalue weighted by Crippen LogP contribution is 2.42. The highest BCUT2D eigenvalue weighted by molar-refractivity contribution is 6.74. The number of hydrogen-bond donors (Lipinski definition) is 2. The van der Waals surface area contributed by atoms with Gasteiger partial charge in [0.05, 0.1) is 12.2 Å². The van der Waals surface area contributed by atoms with Gasteiger partial charge in [-0.25, -0.2) is 4.79 Å². The molecule has 2 rings (SSSR count). The summed E-state index contributed by atoms with van der Waals surface area (Å²) in [6.07, 6.45) is -3.25. The molecule has 0 aliphatic heterocycles. The van der Waals surface area contributed by atoms with Crippen molar-refractivity contribution in [2.45, 2.75) is 162 Å². The van der Waals surface area contributed by atoms with E-state index in [0.717, 1.165) is 35.7 Å². The molecule has 5 atom stereocenters. The summed E-state index contributed by atoms with van der Waals surface area (Å²) in [6, 6.07) is 23.1. The first-order chi connectivity index (χ1) is 22.7. The minimum absolute atomic E-state index is 0.137. The van der Waals surface area contributed by atoms with E-state index in [0.29, 0.717) is 11.1 Å². The molecule has 1 unspecified atom stereocenters. The predicted molar refractivity (Wildman–Crippen MR) is 209 cm³/mol. The molecule has 0 amide bonds. The van der Waals surface area contributed by atoms with Gasteiger partial charge in [-0.05, 0) is 85.7 Å². The molecule has 0 aliphatic carbocycles. The van der Waals surface area contributed by atoms with E-state index in [-0.39, 0.29) is 17.1 Å². The van der Waals surface area contributed by atoms with E-state index in [1.807, 2.05) is 95.3 Å². The summed E-state index contributed by atoms with van der Waals surface area (Å²) in [6.45, 7) is 29.0. The van der Waals surface area contributed by atoms with Gasteiger partial charge in [-0.15, -0.1) is 0 Å². The van der Waals surface area contributed by atoms with E-state index in [1.165, 1.54) is 0 Å². The second-order valence-electron chi connectivity index (χ2n) is 16.0. The summed E-state index contributed by atoms with van der Waals surface area (Å²) < 4.78 is 20.1. The van der Waals surface area contributed by atoms with Crippen molar-refractivity contribution in [3.8, 4) is 0 Å². The van der Waals surface area contributed by atoms with Crippen molar-refractivity contribution in [1.82, 2.24) is 0 Å². The zero-order valence-electron chi connectivity index (χ0n) is 33.1. The van der Waals surface area contributed by atoms with Gasteiger partial charge in [0.1, 0.15) is 12.2 Å². The van der Waals surface area contributed by atoms with Gasteiger partial charge in [0.25, 0.3) is 0 Å². The molecule has 2 N–H and O–H groups in total. The summed E-state index contributed by atoms with van der Waals surface area (Å²) in [5.74, 6) is -0.831. The number of carbonyl (C=O) groups is 1. The second-order valence-corrected chi connectivity index (χ2v) is 25.5. The fraction of sp³-hybridized carbons (Fsp3) is 0.634. The van der Waals surface area contributed by atoms with Crippen LogP contribution in [0.25, 0.3) is 0 Å². The Bertz CT molecular complexity index is 1280. The Labute approximate surface area is 300 Å². The number of hydrogen-bond acceptors (Lipinski definition) is 6. The lowest BCUT2D eigenvalue weighted by molar-refractivity contribution is -0.156. The van der Waals surface area contributed by atoms with Gasteiger partial charge in [0, 0.05) is 11.3 Å². The Balaban J connectivity index is 2.48. The van der Waals surface area contributed by atoms with Crippen LogP contribution in [-0.2, 0) is 18.4 Å². The maximum atomic E-state index is 14.4. The molecule has 49 heavy (non-hydrogen) atoms. The van der Waals surface area contributed by atoms with E-state index >= 15 is 0 Å². The van der Waals surface area contributed by atoms with E-state index in [4.69, 9.17) is 13.6 Å². The molecule has 6 nitrogen and oxygen atoms in total.